The van der Waals surface area contributed by atoms with Crippen molar-refractivity contribution < 1.29 is 10.2 Å². The zero-order valence-electron chi connectivity index (χ0n) is 7.46. The summed E-state index contributed by atoms with van der Waals surface area (Å²) in [4.78, 5) is 3.78. The van der Waals surface area contributed by atoms with Crippen LogP contribution in [0.3, 0.4) is 0 Å². The van der Waals surface area contributed by atoms with Gasteiger partial charge in [-0.25, -0.2) is 0 Å². The van der Waals surface area contributed by atoms with Crippen LogP contribution in [0.25, 0.3) is 0 Å². The molecule has 6 heteroatoms. The molecule has 0 spiro atoms. The van der Waals surface area contributed by atoms with Crippen LogP contribution in [0.5, 0.6) is 0 Å². The molecule has 1 rings (SSSR count). The second kappa shape index (κ2) is 4.50. The summed E-state index contributed by atoms with van der Waals surface area (Å²) >= 11 is 3.86. The van der Waals surface area contributed by atoms with Crippen molar-refractivity contribution in [2.45, 2.75) is 12.2 Å². The van der Waals surface area contributed by atoms with Crippen LogP contribution in [0.2, 0.25) is 0 Å². The zero-order valence-corrected chi connectivity index (χ0v) is 8.35. The molecule has 0 saturated heterocycles. The Morgan fingerprint density at radius 1 is 1.36 bits per heavy atom. The number of aliphatic hydroxyl groups is 2. The van der Waals surface area contributed by atoms with Crippen LogP contribution in [0.1, 0.15) is 11.7 Å². The van der Waals surface area contributed by atoms with Gasteiger partial charge in [-0.2, -0.15) is 12.6 Å². The van der Waals surface area contributed by atoms with Crippen molar-refractivity contribution in [3.05, 3.63) is 18.0 Å². The molecule has 14 heavy (non-hydrogen) atoms. The van der Waals surface area contributed by atoms with Crippen molar-refractivity contribution in [2.24, 2.45) is 0 Å². The standard InChI is InChI=1S/C8H13N3O2S/c9-5-2-11-1-4(7(5)10)8(13)6(12)3-14/h1-2,6,8,12-14H,3,9H2,(H2,10,11). The van der Waals surface area contributed by atoms with Gasteiger partial charge in [0.25, 0.3) is 0 Å². The number of nitrogen functional groups attached to an aromatic ring is 2. The molecule has 0 amide bonds. The Balaban J connectivity index is 3.01. The van der Waals surface area contributed by atoms with Crippen LogP contribution in [-0.4, -0.2) is 27.1 Å². The summed E-state index contributed by atoms with van der Waals surface area (Å²) < 4.78 is 0. The summed E-state index contributed by atoms with van der Waals surface area (Å²) in [6.45, 7) is 0. The van der Waals surface area contributed by atoms with E-state index in [0.29, 0.717) is 5.56 Å². The maximum Gasteiger partial charge on any atom is 0.109 e. The molecule has 1 heterocycles. The van der Waals surface area contributed by atoms with E-state index >= 15 is 0 Å². The minimum absolute atomic E-state index is 0.134. The van der Waals surface area contributed by atoms with E-state index in [0.717, 1.165) is 0 Å². The number of thiol groups is 1. The lowest BCUT2D eigenvalue weighted by atomic mass is 10.1. The minimum atomic E-state index is -1.11. The smallest absolute Gasteiger partial charge is 0.109 e. The number of aromatic nitrogens is 1. The van der Waals surface area contributed by atoms with Gasteiger partial charge in [-0.15, -0.1) is 0 Å². The molecule has 78 valence electrons. The molecule has 0 bridgehead atoms. The quantitative estimate of drug-likeness (QED) is 0.440. The molecule has 1 aromatic heterocycles. The van der Waals surface area contributed by atoms with Crippen LogP contribution in [0.15, 0.2) is 12.4 Å². The van der Waals surface area contributed by atoms with Crippen molar-refractivity contribution in [3.63, 3.8) is 0 Å². The molecule has 0 aliphatic heterocycles. The first-order valence-electron chi connectivity index (χ1n) is 4.03. The summed E-state index contributed by atoms with van der Waals surface area (Å²) in [5.74, 6) is 0.134. The molecule has 0 aliphatic carbocycles. The Morgan fingerprint density at radius 2 is 2.00 bits per heavy atom. The van der Waals surface area contributed by atoms with E-state index in [4.69, 9.17) is 11.5 Å². The number of pyridine rings is 1. The lowest BCUT2D eigenvalue weighted by Gasteiger charge is -2.17. The van der Waals surface area contributed by atoms with Gasteiger partial charge in [0, 0.05) is 17.5 Å². The monoisotopic (exact) mass is 215 g/mol. The van der Waals surface area contributed by atoms with E-state index in [1.165, 1.54) is 12.4 Å². The highest BCUT2D eigenvalue weighted by molar-refractivity contribution is 7.80. The normalized spacial score (nSPS) is 15.1. The molecule has 0 aromatic carbocycles. The summed E-state index contributed by atoms with van der Waals surface area (Å²) in [5.41, 5.74) is 12.0. The maximum atomic E-state index is 9.62. The van der Waals surface area contributed by atoms with E-state index in [1.54, 1.807) is 0 Å². The average Bonchev–Trinajstić information content (AvgIpc) is 2.20. The highest BCUT2D eigenvalue weighted by Crippen LogP contribution is 2.26. The van der Waals surface area contributed by atoms with Gasteiger partial charge in [-0.3, -0.25) is 4.98 Å². The SMILES string of the molecule is Nc1cncc(C(O)C(O)CS)c1N. The molecule has 2 atom stereocenters. The highest BCUT2D eigenvalue weighted by atomic mass is 32.1. The second-order valence-corrected chi connectivity index (χ2v) is 3.29. The lowest BCUT2D eigenvalue weighted by Crippen LogP contribution is -2.21. The lowest BCUT2D eigenvalue weighted by molar-refractivity contribution is 0.0340. The molecular formula is C8H13N3O2S. The summed E-state index contributed by atoms with van der Waals surface area (Å²) in [6, 6.07) is 0. The molecule has 2 unspecified atom stereocenters. The first-order valence-corrected chi connectivity index (χ1v) is 4.67. The molecular weight excluding hydrogens is 202 g/mol. The Morgan fingerprint density at radius 3 is 2.57 bits per heavy atom. The van der Waals surface area contributed by atoms with Crippen LogP contribution in [-0.2, 0) is 0 Å². The number of hydrogen-bond donors (Lipinski definition) is 5. The second-order valence-electron chi connectivity index (χ2n) is 2.93. The van der Waals surface area contributed by atoms with Crippen molar-refractivity contribution in [1.82, 2.24) is 4.98 Å². The fourth-order valence-corrected chi connectivity index (χ4v) is 1.25. The van der Waals surface area contributed by atoms with Gasteiger partial charge < -0.3 is 21.7 Å². The first kappa shape index (κ1) is 11.1. The molecule has 0 radical (unpaired) electrons. The average molecular weight is 215 g/mol. The Labute approximate surface area is 87.2 Å². The number of aliphatic hydroxyl groups excluding tert-OH is 2. The van der Waals surface area contributed by atoms with Gasteiger partial charge in [-0.05, 0) is 0 Å². The van der Waals surface area contributed by atoms with Crippen molar-refractivity contribution in [1.29, 1.82) is 0 Å². The molecule has 1 aromatic rings. The topological polar surface area (TPSA) is 105 Å². The van der Waals surface area contributed by atoms with Gasteiger partial charge >= 0.3 is 0 Å². The summed E-state index contributed by atoms with van der Waals surface area (Å²) in [5, 5.41) is 19.0. The van der Waals surface area contributed by atoms with E-state index < -0.39 is 12.2 Å². The maximum absolute atomic E-state index is 9.62. The predicted molar refractivity (Wildman–Crippen MR) is 57.9 cm³/mol. The van der Waals surface area contributed by atoms with E-state index in [2.05, 4.69) is 17.6 Å². The van der Waals surface area contributed by atoms with Gasteiger partial charge in [-0.1, -0.05) is 0 Å². The number of rotatable bonds is 3. The molecule has 0 aliphatic rings. The third-order valence-corrected chi connectivity index (χ3v) is 2.29. The molecule has 5 nitrogen and oxygen atoms in total. The molecule has 0 fully saturated rings. The van der Waals surface area contributed by atoms with Crippen LogP contribution < -0.4 is 11.5 Å². The fourth-order valence-electron chi connectivity index (χ4n) is 1.05. The number of hydrogen-bond acceptors (Lipinski definition) is 6. The van der Waals surface area contributed by atoms with E-state index in [1.807, 2.05) is 0 Å². The highest BCUT2D eigenvalue weighted by Gasteiger charge is 2.20. The Bertz CT molecular complexity index is 321. The van der Waals surface area contributed by atoms with Gasteiger partial charge in [0.1, 0.15) is 6.10 Å². The minimum Gasteiger partial charge on any atom is -0.397 e. The number of anilines is 2. The third kappa shape index (κ3) is 2.09. The Hall–Kier alpha value is -0.980. The molecule has 0 saturated carbocycles. The summed E-state index contributed by atoms with van der Waals surface area (Å²) in [6.07, 6.45) is 0.675. The van der Waals surface area contributed by atoms with Crippen LogP contribution in [0.4, 0.5) is 11.4 Å². The largest absolute Gasteiger partial charge is 0.397 e. The van der Waals surface area contributed by atoms with Crippen LogP contribution in [0, 0.1) is 0 Å². The first-order chi connectivity index (χ1) is 6.57. The summed E-state index contributed by atoms with van der Waals surface area (Å²) in [7, 11) is 0. The fraction of sp³-hybridized carbons (Fsp3) is 0.375. The van der Waals surface area contributed by atoms with Crippen molar-refractivity contribution in [3.8, 4) is 0 Å². The van der Waals surface area contributed by atoms with Crippen LogP contribution >= 0.6 is 12.6 Å². The predicted octanol–water partition coefficient (Wildman–Crippen LogP) is -0.430. The van der Waals surface area contributed by atoms with Gasteiger partial charge in [0.15, 0.2) is 0 Å². The number of nitrogens with two attached hydrogens (primary N) is 2. The van der Waals surface area contributed by atoms with E-state index in [-0.39, 0.29) is 17.1 Å². The van der Waals surface area contributed by atoms with E-state index in [9.17, 15) is 10.2 Å². The van der Waals surface area contributed by atoms with Gasteiger partial charge in [0.05, 0.1) is 23.7 Å². The zero-order chi connectivity index (χ0) is 10.7. The molecule has 6 N–H and O–H groups in total. The third-order valence-electron chi connectivity index (χ3n) is 1.92. The van der Waals surface area contributed by atoms with Crippen molar-refractivity contribution in [2.75, 3.05) is 17.2 Å². The number of nitrogens with zero attached hydrogens (tertiary/aromatic N) is 1. The van der Waals surface area contributed by atoms with Gasteiger partial charge in [0.2, 0.25) is 0 Å². The Kier molecular flexibility index (Phi) is 3.56. The van der Waals surface area contributed by atoms with Crippen molar-refractivity contribution >= 4 is 24.0 Å².